The molecule has 2 aromatic rings. The van der Waals surface area contributed by atoms with Crippen LogP contribution in [0.2, 0.25) is 0 Å². The van der Waals surface area contributed by atoms with Gasteiger partial charge in [0.25, 0.3) is 5.91 Å². The summed E-state index contributed by atoms with van der Waals surface area (Å²) < 4.78 is 11.6. The number of nitrogens with one attached hydrogen (secondary N) is 1. The molecule has 0 saturated carbocycles. The van der Waals surface area contributed by atoms with Crippen LogP contribution in [0, 0.1) is 0 Å². The second-order valence-corrected chi connectivity index (χ2v) is 7.65. The standard InChI is InChI=1S/C18H22N2O3S/c21-17(16-4-2-10-24-16)19-14-11-18(23-13-14)5-7-20(8-6-18)12-15-3-1-9-22-15/h1-4,9-10,14H,5-8,11-13H2,(H,19,21). The van der Waals surface area contributed by atoms with Crippen molar-refractivity contribution in [3.05, 3.63) is 46.5 Å². The van der Waals surface area contributed by atoms with Gasteiger partial charge in [0.2, 0.25) is 0 Å². The molecule has 1 atom stereocenters. The Labute approximate surface area is 145 Å². The summed E-state index contributed by atoms with van der Waals surface area (Å²) in [7, 11) is 0. The number of nitrogens with zero attached hydrogens (tertiary/aromatic N) is 1. The average molecular weight is 346 g/mol. The minimum absolute atomic E-state index is 0.0194. The highest BCUT2D eigenvalue weighted by Gasteiger charge is 2.43. The van der Waals surface area contributed by atoms with Crippen molar-refractivity contribution in [2.24, 2.45) is 0 Å². The van der Waals surface area contributed by atoms with E-state index in [1.54, 1.807) is 6.26 Å². The Morgan fingerprint density at radius 2 is 2.21 bits per heavy atom. The van der Waals surface area contributed by atoms with Crippen molar-refractivity contribution in [1.82, 2.24) is 10.2 Å². The molecular formula is C18H22N2O3S. The van der Waals surface area contributed by atoms with Crippen molar-refractivity contribution in [1.29, 1.82) is 0 Å². The first-order chi connectivity index (χ1) is 11.7. The molecular weight excluding hydrogens is 324 g/mol. The first-order valence-electron chi connectivity index (χ1n) is 8.46. The van der Waals surface area contributed by atoms with E-state index in [1.807, 2.05) is 29.6 Å². The molecule has 4 rings (SSSR count). The average Bonchev–Trinajstić information content (AvgIpc) is 3.33. The lowest BCUT2D eigenvalue weighted by molar-refractivity contribution is -0.0457. The van der Waals surface area contributed by atoms with E-state index in [1.165, 1.54) is 11.3 Å². The zero-order chi connectivity index (χ0) is 16.4. The molecule has 2 aromatic heterocycles. The Hall–Kier alpha value is -1.63. The lowest BCUT2D eigenvalue weighted by atomic mass is 9.87. The van der Waals surface area contributed by atoms with Gasteiger partial charge in [0.05, 0.1) is 35.9 Å². The molecule has 2 aliphatic rings. The summed E-state index contributed by atoms with van der Waals surface area (Å²) in [6.45, 7) is 3.50. The molecule has 4 heterocycles. The number of ether oxygens (including phenoxy) is 1. The molecule has 128 valence electrons. The molecule has 6 heteroatoms. The highest BCUT2D eigenvalue weighted by Crippen LogP contribution is 2.36. The molecule has 1 unspecified atom stereocenters. The van der Waals surface area contributed by atoms with E-state index in [0.29, 0.717) is 6.61 Å². The van der Waals surface area contributed by atoms with Crippen LogP contribution in [0.25, 0.3) is 0 Å². The number of carbonyl (C=O) groups excluding carboxylic acids is 1. The molecule has 0 bridgehead atoms. The summed E-state index contributed by atoms with van der Waals surface area (Å²) in [6, 6.07) is 7.84. The van der Waals surface area contributed by atoms with Crippen LogP contribution in [0.3, 0.4) is 0 Å². The van der Waals surface area contributed by atoms with Gasteiger partial charge in [-0.2, -0.15) is 0 Å². The smallest absolute Gasteiger partial charge is 0.261 e. The zero-order valence-corrected chi connectivity index (χ0v) is 14.4. The number of piperidine rings is 1. The summed E-state index contributed by atoms with van der Waals surface area (Å²) in [5, 5.41) is 5.05. The molecule has 2 saturated heterocycles. The van der Waals surface area contributed by atoms with Crippen molar-refractivity contribution in [3.63, 3.8) is 0 Å². The first-order valence-corrected chi connectivity index (χ1v) is 9.33. The summed E-state index contributed by atoms with van der Waals surface area (Å²) >= 11 is 1.47. The number of furan rings is 1. The van der Waals surface area contributed by atoms with E-state index < -0.39 is 0 Å². The lowest BCUT2D eigenvalue weighted by Gasteiger charge is -2.38. The Kier molecular flexibility index (Phi) is 4.43. The minimum atomic E-state index is -0.0624. The molecule has 2 aliphatic heterocycles. The summed E-state index contributed by atoms with van der Waals surface area (Å²) in [5.74, 6) is 1.03. The van der Waals surface area contributed by atoms with Crippen molar-refractivity contribution in [2.45, 2.75) is 37.5 Å². The van der Waals surface area contributed by atoms with Crippen molar-refractivity contribution in [2.75, 3.05) is 19.7 Å². The van der Waals surface area contributed by atoms with Gasteiger partial charge in [0.15, 0.2) is 0 Å². The molecule has 5 nitrogen and oxygen atoms in total. The fraction of sp³-hybridized carbons (Fsp3) is 0.500. The number of amides is 1. The number of rotatable bonds is 4. The SMILES string of the molecule is O=C(NC1COC2(CCN(Cc3ccco3)CC2)C1)c1cccs1. The van der Waals surface area contributed by atoms with E-state index >= 15 is 0 Å². The molecule has 2 fully saturated rings. The highest BCUT2D eigenvalue weighted by molar-refractivity contribution is 7.12. The Morgan fingerprint density at radius 3 is 2.92 bits per heavy atom. The monoisotopic (exact) mass is 346 g/mol. The van der Waals surface area contributed by atoms with Crippen molar-refractivity contribution in [3.8, 4) is 0 Å². The molecule has 0 aliphatic carbocycles. The molecule has 0 aromatic carbocycles. The minimum Gasteiger partial charge on any atom is -0.468 e. The van der Waals surface area contributed by atoms with Crippen LogP contribution >= 0.6 is 11.3 Å². The van der Waals surface area contributed by atoms with E-state index in [-0.39, 0.29) is 17.6 Å². The topological polar surface area (TPSA) is 54.7 Å². The number of carbonyl (C=O) groups is 1. The Balaban J connectivity index is 1.28. The van der Waals surface area contributed by atoms with Crippen molar-refractivity contribution >= 4 is 17.2 Å². The van der Waals surface area contributed by atoms with Crippen LogP contribution < -0.4 is 5.32 Å². The van der Waals surface area contributed by atoms with Crippen molar-refractivity contribution < 1.29 is 13.9 Å². The Bertz CT molecular complexity index is 661. The van der Waals surface area contributed by atoms with Gasteiger partial charge in [0, 0.05) is 13.1 Å². The maximum absolute atomic E-state index is 12.2. The second kappa shape index (κ2) is 6.70. The second-order valence-electron chi connectivity index (χ2n) is 6.70. The maximum atomic E-state index is 12.2. The van der Waals surface area contributed by atoms with Crippen LogP contribution in [-0.2, 0) is 11.3 Å². The van der Waals surface area contributed by atoms with E-state index in [4.69, 9.17) is 9.15 Å². The molecule has 0 radical (unpaired) electrons. The molecule has 1 N–H and O–H groups in total. The van der Waals surface area contributed by atoms with Crippen LogP contribution in [0.4, 0.5) is 0 Å². The van der Waals surface area contributed by atoms with Crippen LogP contribution in [-0.4, -0.2) is 42.1 Å². The first kappa shape index (κ1) is 15.9. The summed E-state index contributed by atoms with van der Waals surface area (Å²) in [4.78, 5) is 15.4. The third-order valence-corrected chi connectivity index (χ3v) is 5.88. The van der Waals surface area contributed by atoms with E-state index in [0.717, 1.165) is 49.5 Å². The highest BCUT2D eigenvalue weighted by atomic mass is 32.1. The molecule has 24 heavy (non-hydrogen) atoms. The number of thiophene rings is 1. The zero-order valence-electron chi connectivity index (χ0n) is 13.6. The van der Waals surface area contributed by atoms with Crippen LogP contribution in [0.5, 0.6) is 0 Å². The number of hydrogen-bond acceptors (Lipinski definition) is 5. The van der Waals surface area contributed by atoms with Gasteiger partial charge in [-0.3, -0.25) is 9.69 Å². The number of hydrogen-bond donors (Lipinski definition) is 1. The maximum Gasteiger partial charge on any atom is 0.261 e. The molecule has 1 spiro atoms. The van der Waals surface area contributed by atoms with Gasteiger partial charge in [-0.05, 0) is 42.8 Å². The summed E-state index contributed by atoms with van der Waals surface area (Å²) in [5.41, 5.74) is -0.0624. The fourth-order valence-electron chi connectivity index (χ4n) is 3.69. The quantitative estimate of drug-likeness (QED) is 0.925. The van der Waals surface area contributed by atoms with Gasteiger partial charge in [-0.25, -0.2) is 0 Å². The van der Waals surface area contributed by atoms with E-state index in [2.05, 4.69) is 10.2 Å². The van der Waals surface area contributed by atoms with E-state index in [9.17, 15) is 4.79 Å². The van der Waals surface area contributed by atoms with Gasteiger partial charge in [-0.1, -0.05) is 6.07 Å². The number of likely N-dealkylation sites (tertiary alicyclic amines) is 1. The van der Waals surface area contributed by atoms with Crippen LogP contribution in [0.15, 0.2) is 40.3 Å². The molecule has 1 amide bonds. The summed E-state index contributed by atoms with van der Waals surface area (Å²) in [6.07, 6.45) is 4.67. The van der Waals surface area contributed by atoms with Gasteiger partial charge in [0.1, 0.15) is 5.76 Å². The third kappa shape index (κ3) is 3.41. The normalized spacial score (nSPS) is 23.6. The van der Waals surface area contributed by atoms with Gasteiger partial charge < -0.3 is 14.5 Å². The third-order valence-electron chi connectivity index (χ3n) is 5.02. The van der Waals surface area contributed by atoms with Gasteiger partial charge in [-0.15, -0.1) is 11.3 Å². The lowest BCUT2D eigenvalue weighted by Crippen LogP contribution is -2.44. The predicted molar refractivity (Wildman–Crippen MR) is 92.1 cm³/mol. The fourth-order valence-corrected chi connectivity index (χ4v) is 4.32. The predicted octanol–water partition coefficient (Wildman–Crippen LogP) is 2.89. The van der Waals surface area contributed by atoms with Gasteiger partial charge >= 0.3 is 0 Å². The largest absolute Gasteiger partial charge is 0.468 e. The van der Waals surface area contributed by atoms with Crippen LogP contribution in [0.1, 0.15) is 34.7 Å². The Morgan fingerprint density at radius 1 is 1.33 bits per heavy atom.